The summed E-state index contributed by atoms with van der Waals surface area (Å²) in [5, 5.41) is 9.13. The summed E-state index contributed by atoms with van der Waals surface area (Å²) >= 11 is 0. The number of aliphatic carboxylic acids is 1. The topological polar surface area (TPSA) is 85.3 Å². The number of carbonyl (C=O) groups excluding carboxylic acids is 1. The lowest BCUT2D eigenvalue weighted by atomic mass is 9.93. The number of rotatable bonds is 5. The van der Waals surface area contributed by atoms with E-state index < -0.39 is 23.8 Å². The summed E-state index contributed by atoms with van der Waals surface area (Å²) in [6.07, 6.45) is 1.01. The molecule has 0 aromatic carbocycles. The molecule has 1 N–H and O–H groups in total. The predicted octanol–water partition coefficient (Wildman–Crippen LogP) is 0.705. The van der Waals surface area contributed by atoms with Gasteiger partial charge in [0, 0.05) is 27.2 Å². The SMILES string of the molecule is C=CCOC(=O)N1CC(C(=O)O)CC(OC)(OC)C1. The fourth-order valence-electron chi connectivity index (χ4n) is 2.03. The van der Waals surface area contributed by atoms with E-state index in [0.29, 0.717) is 0 Å². The van der Waals surface area contributed by atoms with Crippen LogP contribution >= 0.6 is 0 Å². The van der Waals surface area contributed by atoms with E-state index in [2.05, 4.69) is 6.58 Å². The molecule has 1 aliphatic rings. The monoisotopic (exact) mass is 273 g/mol. The Kier molecular flexibility index (Phi) is 5.31. The van der Waals surface area contributed by atoms with Gasteiger partial charge in [0.1, 0.15) is 6.61 Å². The summed E-state index contributed by atoms with van der Waals surface area (Å²) in [4.78, 5) is 24.2. The molecule has 1 amide bonds. The van der Waals surface area contributed by atoms with Crippen LogP contribution in [0, 0.1) is 5.92 Å². The minimum absolute atomic E-state index is 0.0692. The molecule has 1 atom stereocenters. The van der Waals surface area contributed by atoms with E-state index in [4.69, 9.17) is 19.3 Å². The van der Waals surface area contributed by atoms with Crippen molar-refractivity contribution in [2.24, 2.45) is 5.92 Å². The van der Waals surface area contributed by atoms with Crippen LogP contribution in [0.1, 0.15) is 6.42 Å². The van der Waals surface area contributed by atoms with Gasteiger partial charge in [0.2, 0.25) is 0 Å². The van der Waals surface area contributed by atoms with Crippen LogP contribution in [0.25, 0.3) is 0 Å². The van der Waals surface area contributed by atoms with Crippen molar-refractivity contribution in [3.63, 3.8) is 0 Å². The summed E-state index contributed by atoms with van der Waals surface area (Å²) < 4.78 is 15.4. The maximum absolute atomic E-state index is 11.8. The molecule has 19 heavy (non-hydrogen) atoms. The molecule has 0 aromatic heterocycles. The third-order valence-electron chi connectivity index (χ3n) is 3.11. The molecule has 7 nitrogen and oxygen atoms in total. The minimum atomic E-state index is -1.12. The highest BCUT2D eigenvalue weighted by molar-refractivity contribution is 5.73. The summed E-state index contributed by atoms with van der Waals surface area (Å²) in [6, 6.07) is 0. The number of hydrogen-bond acceptors (Lipinski definition) is 5. The van der Waals surface area contributed by atoms with Crippen molar-refractivity contribution >= 4 is 12.1 Å². The van der Waals surface area contributed by atoms with Gasteiger partial charge in [-0.15, -0.1) is 0 Å². The Hall–Kier alpha value is -1.60. The van der Waals surface area contributed by atoms with E-state index >= 15 is 0 Å². The van der Waals surface area contributed by atoms with Gasteiger partial charge in [0.05, 0.1) is 12.5 Å². The first-order chi connectivity index (χ1) is 8.98. The Morgan fingerprint density at radius 2 is 2.11 bits per heavy atom. The van der Waals surface area contributed by atoms with Crippen LogP contribution in [0.5, 0.6) is 0 Å². The molecule has 0 spiro atoms. The molecule has 1 unspecified atom stereocenters. The van der Waals surface area contributed by atoms with Gasteiger partial charge in [-0.2, -0.15) is 0 Å². The van der Waals surface area contributed by atoms with Crippen LogP contribution in [0.4, 0.5) is 4.79 Å². The molecule has 1 heterocycles. The van der Waals surface area contributed by atoms with Crippen LogP contribution in [0.2, 0.25) is 0 Å². The number of piperidine rings is 1. The number of methoxy groups -OCH3 is 2. The molecule has 1 rings (SSSR count). The van der Waals surface area contributed by atoms with Gasteiger partial charge < -0.3 is 24.2 Å². The van der Waals surface area contributed by atoms with E-state index in [1.807, 2.05) is 0 Å². The van der Waals surface area contributed by atoms with Crippen molar-refractivity contribution in [3.05, 3.63) is 12.7 Å². The third kappa shape index (κ3) is 3.68. The van der Waals surface area contributed by atoms with E-state index in [9.17, 15) is 9.59 Å². The van der Waals surface area contributed by atoms with E-state index in [-0.39, 0.29) is 26.1 Å². The average molecular weight is 273 g/mol. The summed E-state index contributed by atoms with van der Waals surface area (Å²) in [5.41, 5.74) is 0. The molecule has 108 valence electrons. The second kappa shape index (κ2) is 6.53. The maximum atomic E-state index is 11.8. The zero-order valence-electron chi connectivity index (χ0n) is 11.1. The molecule has 1 aliphatic heterocycles. The van der Waals surface area contributed by atoms with E-state index in [0.717, 1.165) is 0 Å². The molecule has 0 aliphatic carbocycles. The van der Waals surface area contributed by atoms with Gasteiger partial charge in [-0.25, -0.2) is 4.79 Å². The first kappa shape index (κ1) is 15.5. The zero-order valence-corrected chi connectivity index (χ0v) is 11.1. The molecular weight excluding hydrogens is 254 g/mol. The number of carbonyl (C=O) groups is 2. The van der Waals surface area contributed by atoms with Crippen molar-refractivity contribution < 1.29 is 28.9 Å². The third-order valence-corrected chi connectivity index (χ3v) is 3.11. The van der Waals surface area contributed by atoms with Crippen molar-refractivity contribution in [3.8, 4) is 0 Å². The highest BCUT2D eigenvalue weighted by Gasteiger charge is 2.45. The lowest BCUT2D eigenvalue weighted by Gasteiger charge is -2.42. The van der Waals surface area contributed by atoms with Gasteiger partial charge >= 0.3 is 12.1 Å². The van der Waals surface area contributed by atoms with Gasteiger partial charge in [-0.3, -0.25) is 4.79 Å². The van der Waals surface area contributed by atoms with Crippen LogP contribution in [-0.2, 0) is 19.0 Å². The van der Waals surface area contributed by atoms with Gasteiger partial charge in [-0.05, 0) is 0 Å². The molecule has 1 fully saturated rings. The highest BCUT2D eigenvalue weighted by atomic mass is 16.7. The van der Waals surface area contributed by atoms with E-state index in [1.165, 1.54) is 25.2 Å². The minimum Gasteiger partial charge on any atom is -0.481 e. The maximum Gasteiger partial charge on any atom is 0.410 e. The number of carboxylic acid groups (broad SMARTS) is 1. The molecule has 0 saturated carbocycles. The van der Waals surface area contributed by atoms with E-state index in [1.54, 1.807) is 0 Å². The Bertz CT molecular complexity index is 352. The quantitative estimate of drug-likeness (QED) is 0.586. The average Bonchev–Trinajstić information content (AvgIpc) is 2.43. The van der Waals surface area contributed by atoms with Crippen LogP contribution < -0.4 is 0 Å². The fraction of sp³-hybridized carbons (Fsp3) is 0.667. The number of ether oxygens (including phenoxy) is 3. The molecule has 0 aromatic rings. The van der Waals surface area contributed by atoms with Crippen molar-refractivity contribution in [1.29, 1.82) is 0 Å². The first-order valence-corrected chi connectivity index (χ1v) is 5.83. The summed E-state index contributed by atoms with van der Waals surface area (Å²) in [7, 11) is 2.84. The Balaban J connectivity index is 2.83. The lowest BCUT2D eigenvalue weighted by Crippen LogP contribution is -2.57. The van der Waals surface area contributed by atoms with Crippen LogP contribution in [-0.4, -0.2) is 61.8 Å². The molecule has 0 radical (unpaired) electrons. The van der Waals surface area contributed by atoms with Gasteiger partial charge in [0.15, 0.2) is 5.79 Å². The Labute approximate surface area is 111 Å². The number of carboxylic acids is 1. The van der Waals surface area contributed by atoms with Crippen molar-refractivity contribution in [2.45, 2.75) is 12.2 Å². The predicted molar refractivity (Wildman–Crippen MR) is 65.6 cm³/mol. The number of nitrogens with zero attached hydrogens (tertiary/aromatic N) is 1. The van der Waals surface area contributed by atoms with Crippen LogP contribution in [0.3, 0.4) is 0 Å². The highest BCUT2D eigenvalue weighted by Crippen LogP contribution is 2.29. The molecule has 7 heteroatoms. The first-order valence-electron chi connectivity index (χ1n) is 5.83. The summed E-state index contributed by atoms with van der Waals surface area (Å²) in [5.74, 6) is -2.88. The molecular formula is C12H19NO6. The zero-order chi connectivity index (χ0) is 14.5. The Morgan fingerprint density at radius 3 is 2.58 bits per heavy atom. The molecule has 1 saturated heterocycles. The van der Waals surface area contributed by atoms with Crippen LogP contribution in [0.15, 0.2) is 12.7 Å². The second-order valence-corrected chi connectivity index (χ2v) is 4.30. The lowest BCUT2D eigenvalue weighted by molar-refractivity contribution is -0.238. The Morgan fingerprint density at radius 1 is 1.47 bits per heavy atom. The smallest absolute Gasteiger partial charge is 0.410 e. The van der Waals surface area contributed by atoms with Gasteiger partial charge in [0.25, 0.3) is 0 Å². The number of hydrogen-bond donors (Lipinski definition) is 1. The second-order valence-electron chi connectivity index (χ2n) is 4.30. The number of amides is 1. The van der Waals surface area contributed by atoms with Crippen molar-refractivity contribution in [2.75, 3.05) is 33.9 Å². The fourth-order valence-corrected chi connectivity index (χ4v) is 2.03. The molecule has 0 bridgehead atoms. The standard InChI is InChI=1S/C12H19NO6/c1-4-5-19-11(16)13-7-9(10(14)15)6-12(8-13,17-2)18-3/h4,9H,1,5-8H2,2-3H3,(H,14,15). The van der Waals surface area contributed by atoms with Crippen molar-refractivity contribution in [1.82, 2.24) is 4.90 Å². The van der Waals surface area contributed by atoms with Gasteiger partial charge in [-0.1, -0.05) is 12.7 Å². The largest absolute Gasteiger partial charge is 0.481 e. The summed E-state index contributed by atoms with van der Waals surface area (Å²) in [6.45, 7) is 3.71. The normalized spacial score (nSPS) is 21.8. The number of likely N-dealkylation sites (tertiary alicyclic amines) is 1.